The molecule has 1 saturated heterocycles. The van der Waals surface area contributed by atoms with Gasteiger partial charge in [-0.15, -0.1) is 0 Å². The minimum absolute atomic E-state index is 0.0436. The Morgan fingerprint density at radius 2 is 1.82 bits per heavy atom. The zero-order valence-corrected chi connectivity index (χ0v) is 21.9. The molecular weight excluding hydrogens is 535 g/mol. The molecule has 4 rings (SSSR count). The molecule has 1 aliphatic heterocycles. The van der Waals surface area contributed by atoms with E-state index < -0.39 is 12.2 Å². The number of nitrogens with one attached hydrogen (secondary N) is 2. The summed E-state index contributed by atoms with van der Waals surface area (Å²) in [5.41, 5.74) is 4.55. The number of anilines is 1. The summed E-state index contributed by atoms with van der Waals surface area (Å²) >= 11 is 12.3. The number of hydrogen-bond acceptors (Lipinski definition) is 7. The van der Waals surface area contributed by atoms with Gasteiger partial charge in [0.05, 0.1) is 31.7 Å². The molecule has 0 unspecified atom stereocenters. The van der Waals surface area contributed by atoms with Crippen molar-refractivity contribution >= 4 is 40.7 Å². The molecule has 38 heavy (non-hydrogen) atoms. The second kappa shape index (κ2) is 13.2. The number of aliphatic hydroxyl groups excluding tert-OH is 1. The number of amides is 2. The molecule has 1 aromatic heterocycles. The lowest BCUT2D eigenvalue weighted by Crippen LogP contribution is -2.32. The average molecular weight is 563 g/mol. The number of ether oxygens (including phenoxy) is 2. The summed E-state index contributed by atoms with van der Waals surface area (Å²) in [6.45, 7) is 0.356. The quantitative estimate of drug-likeness (QED) is 0.210. The number of nitrogens with zero attached hydrogens (tertiary/aromatic N) is 2. The molecule has 0 radical (unpaired) electrons. The van der Waals surface area contributed by atoms with Crippen molar-refractivity contribution in [2.75, 3.05) is 5.32 Å². The first kappa shape index (κ1) is 28.0. The lowest BCUT2D eigenvalue weighted by atomic mass is 10.00. The summed E-state index contributed by atoms with van der Waals surface area (Å²) in [5, 5.41) is 21.3. The molecule has 3 atom stereocenters. The molecule has 1 fully saturated rings. The van der Waals surface area contributed by atoms with Crippen LogP contribution in [0, 0.1) is 0 Å². The molecule has 0 aliphatic carbocycles. The Morgan fingerprint density at radius 3 is 2.50 bits per heavy atom. The van der Waals surface area contributed by atoms with Crippen LogP contribution in [0.25, 0.3) is 0 Å². The predicted molar refractivity (Wildman–Crippen MR) is 140 cm³/mol. The van der Waals surface area contributed by atoms with E-state index in [2.05, 4.69) is 10.3 Å². The minimum atomic E-state index is -0.737. The van der Waals surface area contributed by atoms with Gasteiger partial charge < -0.3 is 24.5 Å². The molecule has 10 nitrogen and oxygen atoms in total. The van der Waals surface area contributed by atoms with Crippen molar-refractivity contribution in [3.05, 3.63) is 81.9 Å². The molecular formula is C26H28Cl2N4O6. The van der Waals surface area contributed by atoms with Gasteiger partial charge in [-0.25, -0.2) is 10.5 Å². The largest absolute Gasteiger partial charge is 0.392 e. The summed E-state index contributed by atoms with van der Waals surface area (Å²) in [7, 11) is 0. The summed E-state index contributed by atoms with van der Waals surface area (Å²) < 4.78 is 14.4. The number of hydroxylamine groups is 1. The smallest absolute Gasteiger partial charge is 0.243 e. The first-order valence-corrected chi connectivity index (χ1v) is 12.8. The molecule has 202 valence electrons. The number of halogens is 2. The van der Waals surface area contributed by atoms with Crippen molar-refractivity contribution in [3.8, 4) is 0 Å². The van der Waals surface area contributed by atoms with E-state index in [1.807, 2.05) is 30.3 Å². The van der Waals surface area contributed by atoms with Gasteiger partial charge >= 0.3 is 0 Å². The van der Waals surface area contributed by atoms with Crippen LogP contribution in [0.2, 0.25) is 10.3 Å². The third-order valence-electron chi connectivity index (χ3n) is 6.12. The molecule has 4 N–H and O–H groups in total. The topological polar surface area (TPSA) is 135 Å². The molecule has 12 heteroatoms. The standard InChI is InChI=1S/C26H28Cl2N4O6/c27-24-25(28)32(15-29-24)13-20-12-21(17-9-7-16(14-33)8-10-17)38-26(37-20)18-3-1-4-19(11-18)30-22(34)5-2-6-23(35)31-36/h1,3-4,7-11,15,20-21,26,33,36H,2,5-6,12-14H2,(H,30,34)(H,31,35)/t20-,21+,26+/m1/s1. The molecule has 0 saturated carbocycles. The monoisotopic (exact) mass is 562 g/mol. The van der Waals surface area contributed by atoms with E-state index in [0.29, 0.717) is 35.8 Å². The van der Waals surface area contributed by atoms with E-state index in [1.165, 1.54) is 0 Å². The van der Waals surface area contributed by atoms with E-state index in [0.717, 1.165) is 11.1 Å². The normalized spacial score (nSPS) is 19.2. The predicted octanol–water partition coefficient (Wildman–Crippen LogP) is 4.54. The third-order valence-corrected chi connectivity index (χ3v) is 6.89. The van der Waals surface area contributed by atoms with Gasteiger partial charge in [-0.05, 0) is 29.7 Å². The molecule has 2 amide bonds. The number of aliphatic hydroxyl groups is 1. The number of carbonyl (C=O) groups is 2. The summed E-state index contributed by atoms with van der Waals surface area (Å²) in [6.07, 6.45) is 1.22. The van der Waals surface area contributed by atoms with Gasteiger partial charge in [0.25, 0.3) is 0 Å². The molecule has 0 spiro atoms. The number of rotatable bonds is 10. The van der Waals surface area contributed by atoms with Crippen molar-refractivity contribution in [3.63, 3.8) is 0 Å². The van der Waals surface area contributed by atoms with Gasteiger partial charge in [0, 0.05) is 30.5 Å². The Labute approximate surface area is 229 Å². The summed E-state index contributed by atoms with van der Waals surface area (Å²) in [6, 6.07) is 14.7. The molecule has 0 bridgehead atoms. The first-order valence-electron chi connectivity index (χ1n) is 12.1. The van der Waals surface area contributed by atoms with Crippen LogP contribution in [0.15, 0.2) is 54.9 Å². The fraction of sp³-hybridized carbons (Fsp3) is 0.346. The average Bonchev–Trinajstić information content (AvgIpc) is 3.25. The second-order valence-corrected chi connectivity index (χ2v) is 9.61. The van der Waals surface area contributed by atoms with Crippen LogP contribution >= 0.6 is 23.2 Å². The van der Waals surface area contributed by atoms with E-state index in [1.54, 1.807) is 34.6 Å². The fourth-order valence-electron chi connectivity index (χ4n) is 4.17. The zero-order chi connectivity index (χ0) is 27.1. The van der Waals surface area contributed by atoms with Crippen LogP contribution in [-0.4, -0.2) is 37.8 Å². The lowest BCUT2D eigenvalue weighted by molar-refractivity contribution is -0.252. The molecule has 3 aromatic rings. The van der Waals surface area contributed by atoms with Gasteiger partial charge in [-0.1, -0.05) is 59.6 Å². The zero-order valence-electron chi connectivity index (χ0n) is 20.3. The molecule has 2 heterocycles. The van der Waals surface area contributed by atoms with Gasteiger partial charge in [-0.3, -0.25) is 14.8 Å². The van der Waals surface area contributed by atoms with Crippen molar-refractivity contribution in [2.24, 2.45) is 0 Å². The highest BCUT2D eigenvalue weighted by Gasteiger charge is 2.33. The van der Waals surface area contributed by atoms with E-state index in [-0.39, 0.29) is 42.7 Å². The van der Waals surface area contributed by atoms with Crippen LogP contribution in [0.3, 0.4) is 0 Å². The molecule has 1 aliphatic rings. The van der Waals surface area contributed by atoms with Gasteiger partial charge in [0.15, 0.2) is 11.4 Å². The van der Waals surface area contributed by atoms with E-state index in [4.69, 9.17) is 37.9 Å². The Kier molecular flexibility index (Phi) is 9.73. The maximum Gasteiger partial charge on any atom is 0.243 e. The van der Waals surface area contributed by atoms with Crippen LogP contribution in [-0.2, 0) is 32.2 Å². The number of imidazole rings is 1. The highest BCUT2D eigenvalue weighted by molar-refractivity contribution is 6.40. The number of aromatic nitrogens is 2. The Morgan fingerprint density at radius 1 is 1.05 bits per heavy atom. The minimum Gasteiger partial charge on any atom is -0.392 e. The SMILES string of the molecule is O=C(CCCC(=O)Nc1cccc([C@H]2O[C@@H](Cn3cnc(Cl)c3Cl)C[C@@H](c3ccc(CO)cc3)O2)c1)NO. The Balaban J connectivity index is 1.50. The second-order valence-electron chi connectivity index (χ2n) is 8.89. The van der Waals surface area contributed by atoms with Crippen LogP contribution in [0.4, 0.5) is 5.69 Å². The highest BCUT2D eigenvalue weighted by Crippen LogP contribution is 2.39. The number of hydrogen-bond donors (Lipinski definition) is 4. The maximum atomic E-state index is 12.3. The fourth-order valence-corrected chi connectivity index (χ4v) is 4.49. The first-order chi connectivity index (χ1) is 18.4. The maximum absolute atomic E-state index is 12.3. The summed E-state index contributed by atoms with van der Waals surface area (Å²) in [4.78, 5) is 27.5. The number of benzene rings is 2. The van der Waals surface area contributed by atoms with Gasteiger partial charge in [0.2, 0.25) is 11.8 Å². The van der Waals surface area contributed by atoms with Crippen molar-refractivity contribution in [1.82, 2.24) is 15.0 Å². The van der Waals surface area contributed by atoms with Crippen molar-refractivity contribution in [2.45, 2.75) is 57.3 Å². The number of carbonyl (C=O) groups excluding carboxylic acids is 2. The van der Waals surface area contributed by atoms with Gasteiger partial charge in [-0.2, -0.15) is 0 Å². The van der Waals surface area contributed by atoms with Gasteiger partial charge in [0.1, 0.15) is 5.15 Å². The Hall–Kier alpha value is -2.99. The van der Waals surface area contributed by atoms with Crippen LogP contribution < -0.4 is 10.8 Å². The molecule has 2 aromatic carbocycles. The highest BCUT2D eigenvalue weighted by atomic mass is 35.5. The third kappa shape index (κ3) is 7.31. The Bertz CT molecular complexity index is 1250. The van der Waals surface area contributed by atoms with Crippen LogP contribution in [0.1, 0.15) is 54.8 Å². The van der Waals surface area contributed by atoms with Crippen LogP contribution in [0.5, 0.6) is 0 Å². The summed E-state index contributed by atoms with van der Waals surface area (Å²) in [5.74, 6) is -0.800. The van der Waals surface area contributed by atoms with E-state index in [9.17, 15) is 14.7 Å². The lowest BCUT2D eigenvalue weighted by Gasteiger charge is -2.36. The van der Waals surface area contributed by atoms with E-state index >= 15 is 0 Å². The van der Waals surface area contributed by atoms with Crippen molar-refractivity contribution in [1.29, 1.82) is 0 Å². The van der Waals surface area contributed by atoms with Crippen molar-refractivity contribution < 1.29 is 29.4 Å².